The van der Waals surface area contributed by atoms with Crippen LogP contribution in [0.4, 0.5) is 0 Å². The number of Topliss-reactive ketones (excluding diaryl/α,β-unsaturated/α-hetero) is 1. The molecule has 2 fully saturated rings. The number of piperidine rings is 2. The number of benzene rings is 2. The molecule has 3 nitrogen and oxygen atoms in total. The van der Waals surface area contributed by atoms with E-state index in [9.17, 15) is 4.79 Å². The van der Waals surface area contributed by atoms with E-state index < -0.39 is 0 Å². The Morgan fingerprint density at radius 2 is 1.68 bits per heavy atom. The van der Waals surface area contributed by atoms with Gasteiger partial charge in [0, 0.05) is 78.4 Å². The van der Waals surface area contributed by atoms with E-state index in [1.54, 1.807) is 18.2 Å². The second kappa shape index (κ2) is 9.74. The van der Waals surface area contributed by atoms with Crippen LogP contribution in [0.15, 0.2) is 54.6 Å². The van der Waals surface area contributed by atoms with Crippen molar-refractivity contribution in [2.75, 3.05) is 6.54 Å². The van der Waals surface area contributed by atoms with Gasteiger partial charge < -0.3 is 0 Å². The van der Waals surface area contributed by atoms with Crippen LogP contribution in [0.5, 0.6) is 0 Å². The lowest BCUT2D eigenvalue weighted by atomic mass is 9.77. The third-order valence-corrected chi connectivity index (χ3v) is 10.2. The lowest BCUT2D eigenvalue weighted by Crippen LogP contribution is -2.55. The summed E-state index contributed by atoms with van der Waals surface area (Å²) in [5.74, 6) is 0.404. The van der Waals surface area contributed by atoms with Gasteiger partial charge in [0.15, 0.2) is 0 Å². The molecule has 2 unspecified atom stereocenters. The smallest absolute Gasteiger partial charge is 0.140 e. The van der Waals surface area contributed by atoms with E-state index in [0.29, 0.717) is 18.2 Å². The molecule has 2 aromatic carbocycles. The summed E-state index contributed by atoms with van der Waals surface area (Å²) in [5.41, 5.74) is 2.37. The molecule has 0 aromatic heterocycles. The van der Waals surface area contributed by atoms with Gasteiger partial charge in [-0.25, -0.2) is 8.61 Å². The molecule has 0 aliphatic carbocycles. The van der Waals surface area contributed by atoms with E-state index in [1.165, 1.54) is 5.56 Å². The Hall–Kier alpha value is 0.480. The highest BCUT2D eigenvalue weighted by molar-refractivity contribution is 14.2. The molecular formula is C20H19ClI2N2OS2. The van der Waals surface area contributed by atoms with Crippen LogP contribution >= 0.6 is 72.3 Å². The van der Waals surface area contributed by atoms with Gasteiger partial charge in [-0.2, -0.15) is 0 Å². The van der Waals surface area contributed by atoms with Crippen molar-refractivity contribution in [1.82, 2.24) is 8.61 Å². The van der Waals surface area contributed by atoms with Crippen molar-refractivity contribution in [3.63, 3.8) is 0 Å². The van der Waals surface area contributed by atoms with Crippen molar-refractivity contribution < 1.29 is 4.79 Å². The quantitative estimate of drug-likeness (QED) is 0.259. The maximum atomic E-state index is 13.2. The molecule has 4 atom stereocenters. The van der Waals surface area contributed by atoms with Gasteiger partial charge in [-0.05, 0) is 41.9 Å². The zero-order chi connectivity index (χ0) is 19.7. The van der Waals surface area contributed by atoms with Gasteiger partial charge in [0.25, 0.3) is 0 Å². The SMILES string of the molecule is O=C1CC(c2ccccc2Cl)N(SI)[C@H]2CC(c3ccccc3)N(SI)C[C@@H]12. The molecule has 2 aliphatic rings. The molecule has 148 valence electrons. The average molecular weight is 657 g/mol. The third kappa shape index (κ3) is 4.27. The first-order chi connectivity index (χ1) is 13.6. The van der Waals surface area contributed by atoms with Crippen molar-refractivity contribution in [1.29, 1.82) is 0 Å². The minimum absolute atomic E-state index is 0.0274. The zero-order valence-electron chi connectivity index (χ0n) is 14.9. The topological polar surface area (TPSA) is 23.6 Å². The van der Waals surface area contributed by atoms with Crippen molar-refractivity contribution in [3.8, 4) is 0 Å². The Labute approximate surface area is 203 Å². The minimum atomic E-state index is 0.0274. The van der Waals surface area contributed by atoms with E-state index in [-0.39, 0.29) is 18.0 Å². The standard InChI is InChI=1S/C20H19ClI2N2OS2/c21-16-9-5-4-8-14(16)19-11-20(26)15-12-24(27-22)17(10-18(15)25(19)28-23)13-6-2-1-3-7-13/h1-9,15,17-19H,10-12H2/t15-,17?,18+,19?/m1/s1. The number of rotatable bonds is 4. The number of ketones is 1. The fraction of sp³-hybridized carbons (Fsp3) is 0.350. The number of hydrogen-bond donors (Lipinski definition) is 0. The summed E-state index contributed by atoms with van der Waals surface area (Å²) in [6, 6.07) is 19.1. The predicted molar refractivity (Wildman–Crippen MR) is 137 cm³/mol. The Morgan fingerprint density at radius 3 is 2.36 bits per heavy atom. The fourth-order valence-electron chi connectivity index (χ4n) is 4.36. The highest BCUT2D eigenvalue weighted by Gasteiger charge is 2.49. The maximum Gasteiger partial charge on any atom is 0.140 e. The highest BCUT2D eigenvalue weighted by atomic mass is 127. The molecule has 0 amide bonds. The second-order valence-corrected chi connectivity index (χ2v) is 11.1. The number of hydrogen-bond acceptors (Lipinski definition) is 5. The van der Waals surface area contributed by atoms with Crippen LogP contribution in [0, 0.1) is 5.92 Å². The lowest BCUT2D eigenvalue weighted by Gasteiger charge is -2.50. The molecule has 0 bridgehead atoms. The van der Waals surface area contributed by atoms with Crippen LogP contribution in [-0.4, -0.2) is 27.0 Å². The second-order valence-electron chi connectivity index (χ2n) is 7.14. The zero-order valence-corrected chi connectivity index (χ0v) is 21.6. The predicted octanol–water partition coefficient (Wildman–Crippen LogP) is 7.08. The normalized spacial score (nSPS) is 28.9. The maximum absolute atomic E-state index is 13.2. The van der Waals surface area contributed by atoms with E-state index in [1.807, 2.05) is 18.2 Å². The third-order valence-electron chi connectivity index (χ3n) is 5.71. The van der Waals surface area contributed by atoms with Gasteiger partial charge in [0.2, 0.25) is 0 Å². The molecule has 2 aromatic rings. The first kappa shape index (κ1) is 21.7. The van der Waals surface area contributed by atoms with Crippen LogP contribution in [0.25, 0.3) is 0 Å². The molecule has 0 spiro atoms. The Kier molecular flexibility index (Phi) is 7.55. The number of carbonyl (C=O) groups is 1. The number of halogens is 3. The minimum Gasteiger partial charge on any atom is -0.299 e. The number of carbonyl (C=O) groups excluding carboxylic acids is 1. The molecular weight excluding hydrogens is 638 g/mol. The molecule has 2 heterocycles. The van der Waals surface area contributed by atoms with Crippen LogP contribution < -0.4 is 0 Å². The van der Waals surface area contributed by atoms with Crippen molar-refractivity contribution in [2.24, 2.45) is 5.92 Å². The Bertz CT molecular complexity index is 844. The molecule has 8 heteroatoms. The first-order valence-corrected chi connectivity index (χ1v) is 16.1. The molecule has 2 aliphatic heterocycles. The summed E-state index contributed by atoms with van der Waals surface area (Å²) in [5, 5.41) is 0.745. The molecule has 2 saturated heterocycles. The Balaban J connectivity index is 1.68. The molecule has 4 rings (SSSR count). The van der Waals surface area contributed by atoms with Crippen molar-refractivity contribution >= 4 is 78.0 Å². The van der Waals surface area contributed by atoms with Gasteiger partial charge in [0.05, 0.1) is 6.04 Å². The monoisotopic (exact) mass is 656 g/mol. The summed E-state index contributed by atoms with van der Waals surface area (Å²) < 4.78 is 4.81. The molecule has 0 radical (unpaired) electrons. The number of nitrogens with zero attached hydrogens (tertiary/aromatic N) is 2. The molecule has 28 heavy (non-hydrogen) atoms. The van der Waals surface area contributed by atoms with E-state index >= 15 is 0 Å². The highest BCUT2D eigenvalue weighted by Crippen LogP contribution is 2.51. The largest absolute Gasteiger partial charge is 0.299 e. The van der Waals surface area contributed by atoms with Crippen LogP contribution in [0.1, 0.15) is 36.1 Å². The number of fused-ring (bicyclic) bond motifs is 1. The summed E-state index contributed by atoms with van der Waals surface area (Å²) in [6.45, 7) is 0.791. The van der Waals surface area contributed by atoms with Gasteiger partial charge in [0.1, 0.15) is 5.78 Å². The summed E-state index contributed by atoms with van der Waals surface area (Å²) in [4.78, 5) is 13.2. The summed E-state index contributed by atoms with van der Waals surface area (Å²) in [7, 11) is 3.43. The summed E-state index contributed by atoms with van der Waals surface area (Å²) >= 11 is 11.2. The van der Waals surface area contributed by atoms with Gasteiger partial charge in [-0.15, -0.1) is 0 Å². The summed E-state index contributed by atoms with van der Waals surface area (Å²) in [6.07, 6.45) is 1.46. The molecule has 0 N–H and O–H groups in total. The first-order valence-electron chi connectivity index (χ1n) is 9.08. The van der Waals surface area contributed by atoms with E-state index in [4.69, 9.17) is 11.6 Å². The van der Waals surface area contributed by atoms with Crippen molar-refractivity contribution in [3.05, 3.63) is 70.7 Å². The fourth-order valence-corrected chi connectivity index (χ4v) is 8.77. The Morgan fingerprint density at radius 1 is 0.964 bits per heavy atom. The molecule has 0 saturated carbocycles. The van der Waals surface area contributed by atoms with E-state index in [0.717, 1.165) is 23.6 Å². The van der Waals surface area contributed by atoms with Gasteiger partial charge in [-0.1, -0.05) is 60.1 Å². The van der Waals surface area contributed by atoms with Crippen LogP contribution in [-0.2, 0) is 4.79 Å². The van der Waals surface area contributed by atoms with E-state index in [2.05, 4.69) is 87.4 Å². The van der Waals surface area contributed by atoms with Crippen LogP contribution in [0.2, 0.25) is 5.02 Å². The average Bonchev–Trinajstić information content (AvgIpc) is 2.74. The van der Waals surface area contributed by atoms with Gasteiger partial charge in [-0.3, -0.25) is 4.79 Å². The van der Waals surface area contributed by atoms with Crippen molar-refractivity contribution in [2.45, 2.75) is 31.0 Å². The van der Waals surface area contributed by atoms with Crippen LogP contribution in [0.3, 0.4) is 0 Å². The lowest BCUT2D eigenvalue weighted by molar-refractivity contribution is -0.131. The van der Waals surface area contributed by atoms with Gasteiger partial charge >= 0.3 is 0 Å².